The van der Waals surface area contributed by atoms with Crippen molar-refractivity contribution in [2.45, 2.75) is 25.7 Å². The van der Waals surface area contributed by atoms with Gasteiger partial charge < -0.3 is 5.32 Å². The summed E-state index contributed by atoms with van der Waals surface area (Å²) in [4.78, 5) is 16.6. The summed E-state index contributed by atoms with van der Waals surface area (Å²) < 4.78 is 26.2. The van der Waals surface area contributed by atoms with Gasteiger partial charge in [0.2, 0.25) is 5.91 Å². The molecule has 1 saturated carbocycles. The highest BCUT2D eigenvalue weighted by Crippen LogP contribution is 2.39. The standard InChI is InChI=1S/C16H13F2N3OS/c17-11-4-3-10(7-12(11)18)13-8-23-15(20-13)21-14(22)16(9-19)5-1-2-6-16/h3-4,7-8H,1-2,5-6H2,(H,20,21,22). The number of hydrogen-bond acceptors (Lipinski definition) is 4. The predicted octanol–water partition coefficient (Wildman–Crippen LogP) is 4.11. The predicted molar refractivity (Wildman–Crippen MR) is 82.6 cm³/mol. The number of halogens is 2. The van der Waals surface area contributed by atoms with Crippen LogP contribution >= 0.6 is 11.3 Å². The molecular weight excluding hydrogens is 320 g/mol. The van der Waals surface area contributed by atoms with Crippen molar-refractivity contribution in [2.75, 3.05) is 5.32 Å². The van der Waals surface area contributed by atoms with Crippen LogP contribution in [0.15, 0.2) is 23.6 Å². The third-order valence-corrected chi connectivity index (χ3v) is 4.80. The number of carbonyl (C=O) groups is 1. The zero-order valence-electron chi connectivity index (χ0n) is 12.1. The smallest absolute Gasteiger partial charge is 0.246 e. The van der Waals surface area contributed by atoms with E-state index in [2.05, 4.69) is 16.4 Å². The van der Waals surface area contributed by atoms with Crippen LogP contribution < -0.4 is 5.32 Å². The Bertz CT molecular complexity index is 791. The van der Waals surface area contributed by atoms with Crippen molar-refractivity contribution in [1.82, 2.24) is 4.98 Å². The average molecular weight is 333 g/mol. The first-order valence-corrected chi connectivity index (χ1v) is 8.06. The second-order valence-electron chi connectivity index (χ2n) is 5.52. The molecule has 1 amide bonds. The lowest BCUT2D eigenvalue weighted by Crippen LogP contribution is -2.32. The minimum atomic E-state index is -0.978. The first-order chi connectivity index (χ1) is 11.0. The lowest BCUT2D eigenvalue weighted by Gasteiger charge is -2.17. The molecule has 0 spiro atoms. The SMILES string of the molecule is N#CC1(C(=O)Nc2nc(-c3ccc(F)c(F)c3)cs2)CCCC1. The largest absolute Gasteiger partial charge is 0.301 e. The number of aromatic nitrogens is 1. The summed E-state index contributed by atoms with van der Waals surface area (Å²) >= 11 is 1.18. The van der Waals surface area contributed by atoms with Crippen molar-refractivity contribution in [3.05, 3.63) is 35.2 Å². The number of hydrogen-bond donors (Lipinski definition) is 1. The zero-order chi connectivity index (χ0) is 16.4. The Balaban J connectivity index is 1.78. The lowest BCUT2D eigenvalue weighted by atomic mass is 9.87. The molecule has 1 heterocycles. The molecule has 3 rings (SSSR count). The molecule has 0 aliphatic heterocycles. The molecule has 1 aromatic heterocycles. The Morgan fingerprint density at radius 3 is 2.70 bits per heavy atom. The van der Waals surface area contributed by atoms with E-state index in [1.54, 1.807) is 5.38 Å². The van der Waals surface area contributed by atoms with E-state index in [0.29, 0.717) is 29.2 Å². The minimum absolute atomic E-state index is 0.344. The maximum Gasteiger partial charge on any atom is 0.246 e. The maximum atomic E-state index is 13.3. The van der Waals surface area contributed by atoms with Gasteiger partial charge in [-0.15, -0.1) is 11.3 Å². The average Bonchev–Trinajstić information content (AvgIpc) is 3.19. The molecule has 23 heavy (non-hydrogen) atoms. The van der Waals surface area contributed by atoms with Crippen LogP contribution in [0.5, 0.6) is 0 Å². The molecule has 0 atom stereocenters. The number of benzene rings is 1. The van der Waals surface area contributed by atoms with Crippen LogP contribution in [0, 0.1) is 28.4 Å². The highest BCUT2D eigenvalue weighted by Gasteiger charge is 2.41. The van der Waals surface area contributed by atoms with E-state index >= 15 is 0 Å². The van der Waals surface area contributed by atoms with Crippen LogP contribution in [0.3, 0.4) is 0 Å². The van der Waals surface area contributed by atoms with E-state index in [1.807, 2.05) is 0 Å². The second-order valence-corrected chi connectivity index (χ2v) is 6.38. The third-order valence-electron chi connectivity index (χ3n) is 4.05. The van der Waals surface area contributed by atoms with Gasteiger partial charge in [-0.05, 0) is 31.0 Å². The normalized spacial score (nSPS) is 16.0. The molecule has 7 heteroatoms. The summed E-state index contributed by atoms with van der Waals surface area (Å²) in [5, 5.41) is 14.0. The fraction of sp³-hybridized carbons (Fsp3) is 0.312. The first-order valence-electron chi connectivity index (χ1n) is 7.18. The molecule has 118 valence electrons. The van der Waals surface area contributed by atoms with Gasteiger partial charge in [0.25, 0.3) is 0 Å². The number of nitrogens with zero attached hydrogens (tertiary/aromatic N) is 2. The van der Waals surface area contributed by atoms with E-state index < -0.39 is 17.0 Å². The Labute approximate surface area is 135 Å². The molecule has 0 saturated heterocycles. The fourth-order valence-electron chi connectivity index (χ4n) is 2.70. The topological polar surface area (TPSA) is 65.8 Å². The quantitative estimate of drug-likeness (QED) is 0.919. The molecule has 2 aromatic rings. The third kappa shape index (κ3) is 2.94. The van der Waals surface area contributed by atoms with Crippen LogP contribution in [-0.2, 0) is 4.79 Å². The summed E-state index contributed by atoms with van der Waals surface area (Å²) in [6.07, 6.45) is 2.82. The van der Waals surface area contributed by atoms with Gasteiger partial charge >= 0.3 is 0 Å². The van der Waals surface area contributed by atoms with Crippen molar-refractivity contribution in [1.29, 1.82) is 5.26 Å². The van der Waals surface area contributed by atoms with Crippen LogP contribution in [0.2, 0.25) is 0 Å². The Hall–Kier alpha value is -2.33. The highest BCUT2D eigenvalue weighted by atomic mass is 32.1. The highest BCUT2D eigenvalue weighted by molar-refractivity contribution is 7.14. The van der Waals surface area contributed by atoms with Crippen LogP contribution in [0.25, 0.3) is 11.3 Å². The van der Waals surface area contributed by atoms with Crippen LogP contribution in [0.4, 0.5) is 13.9 Å². The lowest BCUT2D eigenvalue weighted by molar-refractivity contribution is -0.122. The van der Waals surface area contributed by atoms with Crippen molar-refractivity contribution in [3.8, 4) is 17.3 Å². The molecule has 1 aliphatic carbocycles. The van der Waals surface area contributed by atoms with E-state index in [4.69, 9.17) is 0 Å². The van der Waals surface area contributed by atoms with Gasteiger partial charge in [-0.2, -0.15) is 5.26 Å². The number of rotatable bonds is 3. The second kappa shape index (κ2) is 6.05. The number of nitriles is 1. The molecule has 0 bridgehead atoms. The monoisotopic (exact) mass is 333 g/mol. The van der Waals surface area contributed by atoms with Gasteiger partial charge in [-0.1, -0.05) is 12.8 Å². The van der Waals surface area contributed by atoms with Gasteiger partial charge in [0, 0.05) is 10.9 Å². The number of thiazole rings is 1. The molecule has 1 fully saturated rings. The van der Waals surface area contributed by atoms with Gasteiger partial charge in [0.15, 0.2) is 16.8 Å². The first kappa shape index (κ1) is 15.6. The molecular formula is C16H13F2N3OS. The van der Waals surface area contributed by atoms with Gasteiger partial charge in [-0.3, -0.25) is 4.79 Å². The maximum absolute atomic E-state index is 13.3. The number of anilines is 1. The van der Waals surface area contributed by atoms with Crippen LogP contribution in [0.1, 0.15) is 25.7 Å². The summed E-state index contributed by atoms with van der Waals surface area (Å²) in [6.45, 7) is 0. The van der Waals surface area contributed by atoms with Crippen molar-refractivity contribution in [3.63, 3.8) is 0 Å². The van der Waals surface area contributed by atoms with E-state index in [0.717, 1.165) is 25.0 Å². The summed E-state index contributed by atoms with van der Waals surface area (Å²) in [5.74, 6) is -2.21. The molecule has 0 radical (unpaired) electrons. The van der Waals surface area contributed by atoms with Gasteiger partial charge in [0.05, 0.1) is 11.8 Å². The van der Waals surface area contributed by atoms with Gasteiger partial charge in [-0.25, -0.2) is 13.8 Å². The van der Waals surface area contributed by atoms with Crippen molar-refractivity contribution in [2.24, 2.45) is 5.41 Å². The molecule has 0 unspecified atom stereocenters. The summed E-state index contributed by atoms with van der Waals surface area (Å²) in [7, 11) is 0. The van der Waals surface area contributed by atoms with Crippen molar-refractivity contribution < 1.29 is 13.6 Å². The van der Waals surface area contributed by atoms with E-state index in [9.17, 15) is 18.8 Å². The molecule has 1 aliphatic rings. The number of carbonyl (C=O) groups excluding carboxylic acids is 1. The number of nitrogens with one attached hydrogen (secondary N) is 1. The van der Waals surface area contributed by atoms with Gasteiger partial charge in [0.1, 0.15) is 5.41 Å². The molecule has 1 N–H and O–H groups in total. The summed E-state index contributed by atoms with van der Waals surface area (Å²) in [6, 6.07) is 5.64. The Kier molecular flexibility index (Phi) is 4.09. The Morgan fingerprint density at radius 2 is 2.04 bits per heavy atom. The van der Waals surface area contributed by atoms with Crippen molar-refractivity contribution >= 4 is 22.4 Å². The fourth-order valence-corrected chi connectivity index (χ4v) is 3.42. The minimum Gasteiger partial charge on any atom is -0.301 e. The zero-order valence-corrected chi connectivity index (χ0v) is 12.9. The van der Waals surface area contributed by atoms with E-state index in [-0.39, 0.29) is 5.91 Å². The van der Waals surface area contributed by atoms with Crippen LogP contribution in [-0.4, -0.2) is 10.9 Å². The number of amides is 1. The summed E-state index contributed by atoms with van der Waals surface area (Å²) in [5.41, 5.74) is -0.105. The molecule has 1 aromatic carbocycles. The van der Waals surface area contributed by atoms with E-state index in [1.165, 1.54) is 17.4 Å². The Morgan fingerprint density at radius 1 is 1.30 bits per heavy atom. The molecule has 4 nitrogen and oxygen atoms in total.